The molecule has 8 aromatic rings. The van der Waals surface area contributed by atoms with E-state index in [-0.39, 0.29) is 29.3 Å². The number of nitro benzene ring substituents is 1. The van der Waals surface area contributed by atoms with Crippen molar-refractivity contribution in [2.75, 3.05) is 16.4 Å². The third-order valence-electron chi connectivity index (χ3n) is 10.6. The van der Waals surface area contributed by atoms with Gasteiger partial charge in [-0.3, -0.25) is 19.7 Å². The zero-order chi connectivity index (χ0) is 49.8. The maximum Gasteiger partial charge on any atom is 0.416 e. The zero-order valence-electron chi connectivity index (χ0n) is 36.6. The van der Waals surface area contributed by atoms with Gasteiger partial charge in [-0.25, -0.2) is 0 Å². The van der Waals surface area contributed by atoms with E-state index in [0.717, 1.165) is 35.4 Å². The normalized spacial score (nSPS) is 11.1. The van der Waals surface area contributed by atoms with Crippen LogP contribution >= 0.6 is 0 Å². The number of alkyl halides is 6. The van der Waals surface area contributed by atoms with E-state index in [1.54, 1.807) is 60.7 Å². The highest BCUT2D eigenvalue weighted by molar-refractivity contribution is 6.10. The first-order valence-electron chi connectivity index (χ1n) is 21.2. The van der Waals surface area contributed by atoms with Crippen LogP contribution < -0.4 is 25.8 Å². The minimum atomic E-state index is -4.48. The van der Waals surface area contributed by atoms with Crippen LogP contribution in [0.3, 0.4) is 0 Å². The summed E-state index contributed by atoms with van der Waals surface area (Å²) in [5.41, 5.74) is 9.03. The second kappa shape index (κ2) is 21.8. The van der Waals surface area contributed by atoms with Gasteiger partial charge in [0.2, 0.25) is 0 Å². The fourth-order valence-corrected chi connectivity index (χ4v) is 7.01. The van der Waals surface area contributed by atoms with Crippen molar-refractivity contribution in [2.45, 2.75) is 25.6 Å². The van der Waals surface area contributed by atoms with Gasteiger partial charge in [0.15, 0.2) is 0 Å². The molecule has 0 atom stereocenters. The summed E-state index contributed by atoms with van der Waals surface area (Å²) >= 11 is 0. The van der Waals surface area contributed by atoms with Crippen LogP contribution in [-0.4, -0.2) is 16.7 Å². The molecule has 0 spiro atoms. The van der Waals surface area contributed by atoms with Gasteiger partial charge in [-0.15, -0.1) is 0 Å². The third kappa shape index (κ3) is 12.7. The number of nitrogen functional groups attached to an aromatic ring is 1. The Kier molecular flexibility index (Phi) is 15.3. The van der Waals surface area contributed by atoms with Crippen molar-refractivity contribution in [3.05, 3.63) is 238 Å². The maximum atomic E-state index is 13.1. The molecule has 0 bridgehead atoms. The lowest BCUT2D eigenvalue weighted by molar-refractivity contribution is -0.384. The first-order chi connectivity index (χ1) is 33.5. The molecule has 0 unspecified atom stereocenters. The molecule has 0 aromatic heterocycles. The van der Waals surface area contributed by atoms with Gasteiger partial charge in [0.1, 0.15) is 30.4 Å². The van der Waals surface area contributed by atoms with Crippen LogP contribution in [-0.2, 0) is 25.6 Å². The summed E-state index contributed by atoms with van der Waals surface area (Å²) in [6.45, 7) is 0.594. The van der Waals surface area contributed by atoms with Gasteiger partial charge < -0.3 is 25.8 Å². The molecular weight excluding hydrogens is 915 g/mol. The van der Waals surface area contributed by atoms with Crippen molar-refractivity contribution in [2.24, 2.45) is 0 Å². The quantitative estimate of drug-likeness (QED) is 0.0451. The number of nitrogens with two attached hydrogens (primary N) is 1. The molecular formula is C54H40F6N4O6. The zero-order valence-corrected chi connectivity index (χ0v) is 36.6. The Balaban J connectivity index is 0.000000207. The first-order valence-corrected chi connectivity index (χ1v) is 21.2. The second-order valence-electron chi connectivity index (χ2n) is 15.4. The van der Waals surface area contributed by atoms with Crippen LogP contribution in [0.5, 0.6) is 11.5 Å². The van der Waals surface area contributed by atoms with E-state index < -0.39 is 40.2 Å². The fourth-order valence-electron chi connectivity index (χ4n) is 7.01. The Labute approximate surface area is 397 Å². The van der Waals surface area contributed by atoms with Crippen LogP contribution in [0.15, 0.2) is 194 Å². The third-order valence-corrected chi connectivity index (χ3v) is 10.6. The Hall–Kier alpha value is -8.92. The molecule has 8 rings (SSSR count). The molecule has 2 amide bonds. The van der Waals surface area contributed by atoms with Crippen LogP contribution in [0.25, 0.3) is 22.3 Å². The molecule has 10 nitrogen and oxygen atoms in total. The smallest absolute Gasteiger partial charge is 0.416 e. The molecule has 0 radical (unpaired) electrons. The molecule has 0 aliphatic carbocycles. The average Bonchev–Trinajstić information content (AvgIpc) is 3.36. The molecule has 0 fully saturated rings. The maximum absolute atomic E-state index is 13.1. The molecule has 16 heteroatoms. The fraction of sp³-hybridized carbons (Fsp3) is 0.0741. The van der Waals surface area contributed by atoms with E-state index in [2.05, 4.69) is 10.6 Å². The number of carbonyl (C=O) groups is 2. The number of nitrogens with one attached hydrogen (secondary N) is 2. The summed E-state index contributed by atoms with van der Waals surface area (Å²) in [6, 6.07) is 50.2. The van der Waals surface area contributed by atoms with Crippen LogP contribution in [0.1, 0.15) is 43.0 Å². The molecule has 70 heavy (non-hydrogen) atoms. The SMILES string of the molecule is Nc1cc(OCc2ccccc2)ccc1NC(=O)c1ccccc1-c1ccc(C(F)(F)F)cc1.O=C(Nc1ccc(OCc2ccccc2)cc1[N+](=O)[O-])c1ccccc1-c1ccc(C(F)(F)F)cc1. The number of nitrogens with zero attached hydrogens (tertiary/aromatic N) is 1. The summed E-state index contributed by atoms with van der Waals surface area (Å²) in [7, 11) is 0. The summed E-state index contributed by atoms with van der Waals surface area (Å²) in [4.78, 5) is 37.1. The Morgan fingerprint density at radius 3 is 1.30 bits per heavy atom. The van der Waals surface area contributed by atoms with Gasteiger partial charge in [0.05, 0.1) is 33.5 Å². The van der Waals surface area contributed by atoms with Crippen molar-refractivity contribution in [1.82, 2.24) is 0 Å². The van der Waals surface area contributed by atoms with Gasteiger partial charge in [-0.2, -0.15) is 26.3 Å². The minimum absolute atomic E-state index is 0.0423. The van der Waals surface area contributed by atoms with Crippen molar-refractivity contribution in [1.29, 1.82) is 0 Å². The summed E-state index contributed by atoms with van der Waals surface area (Å²) in [5.74, 6) is -0.259. The lowest BCUT2D eigenvalue weighted by atomic mass is 9.98. The number of rotatable bonds is 13. The van der Waals surface area contributed by atoms with Crippen LogP contribution in [0, 0.1) is 10.1 Å². The number of amides is 2. The standard InChI is InChI=1S/C27H19F3N2O4.C27H21F3N2O2/c28-27(29,30)20-12-10-19(11-13-20)22-8-4-5-9-23(22)26(33)31-24-15-14-21(16-25(24)32(34)35)36-17-18-6-2-1-3-7-18;28-27(29,30)20-12-10-19(11-13-20)22-8-4-5-9-23(22)26(33)32-25-15-14-21(16-24(25)31)34-17-18-6-2-1-3-7-18/h1-16H,17H2,(H,31,33);1-16H,17,31H2,(H,32,33). The van der Waals surface area contributed by atoms with E-state index in [9.17, 15) is 46.0 Å². The van der Waals surface area contributed by atoms with Crippen molar-refractivity contribution in [3.63, 3.8) is 0 Å². The summed E-state index contributed by atoms with van der Waals surface area (Å²) in [5, 5.41) is 17.0. The molecule has 0 aliphatic heterocycles. The van der Waals surface area contributed by atoms with Crippen LogP contribution in [0.4, 0.5) is 49.1 Å². The summed E-state index contributed by atoms with van der Waals surface area (Å²) < 4.78 is 88.8. The predicted octanol–water partition coefficient (Wildman–Crippen LogP) is 13.9. The number of hydrogen-bond donors (Lipinski definition) is 3. The monoisotopic (exact) mass is 954 g/mol. The van der Waals surface area contributed by atoms with Gasteiger partial charge in [0.25, 0.3) is 17.5 Å². The molecule has 8 aromatic carbocycles. The number of anilines is 3. The highest BCUT2D eigenvalue weighted by Gasteiger charge is 2.31. The number of halogens is 6. The van der Waals surface area contributed by atoms with E-state index >= 15 is 0 Å². The highest BCUT2D eigenvalue weighted by Crippen LogP contribution is 2.35. The minimum Gasteiger partial charge on any atom is -0.489 e. The lowest BCUT2D eigenvalue weighted by Crippen LogP contribution is -2.14. The first kappa shape index (κ1) is 49.0. The highest BCUT2D eigenvalue weighted by atomic mass is 19.4. The van der Waals surface area contributed by atoms with Crippen molar-refractivity contribution in [3.8, 4) is 33.8 Å². The Bertz CT molecular complexity index is 3100. The van der Waals surface area contributed by atoms with Gasteiger partial charge in [0, 0.05) is 17.2 Å². The molecule has 0 saturated heterocycles. The van der Waals surface area contributed by atoms with Gasteiger partial charge in [-0.05, 0) is 94.0 Å². The van der Waals surface area contributed by atoms with Crippen molar-refractivity contribution < 1.29 is 50.3 Å². The topological polar surface area (TPSA) is 146 Å². The average molecular weight is 955 g/mol. The number of nitro groups is 1. The summed E-state index contributed by atoms with van der Waals surface area (Å²) in [6.07, 6.45) is -8.91. The Morgan fingerprint density at radius 2 is 0.886 bits per heavy atom. The predicted molar refractivity (Wildman–Crippen MR) is 255 cm³/mol. The number of ether oxygens (including phenoxy) is 2. The molecule has 0 saturated carbocycles. The molecule has 0 heterocycles. The van der Waals surface area contributed by atoms with Crippen LogP contribution in [0.2, 0.25) is 0 Å². The lowest BCUT2D eigenvalue weighted by Gasteiger charge is -2.14. The van der Waals surface area contributed by atoms with E-state index in [0.29, 0.717) is 51.5 Å². The van der Waals surface area contributed by atoms with E-state index in [1.165, 1.54) is 48.5 Å². The molecule has 4 N–H and O–H groups in total. The Morgan fingerprint density at radius 1 is 0.500 bits per heavy atom. The molecule has 354 valence electrons. The number of carbonyl (C=O) groups excluding carboxylic acids is 2. The van der Waals surface area contributed by atoms with Gasteiger partial charge >= 0.3 is 12.4 Å². The van der Waals surface area contributed by atoms with Crippen molar-refractivity contribution >= 4 is 34.6 Å². The molecule has 0 aliphatic rings. The number of benzene rings is 8. The largest absolute Gasteiger partial charge is 0.489 e. The van der Waals surface area contributed by atoms with E-state index in [1.807, 2.05) is 60.7 Å². The van der Waals surface area contributed by atoms with Gasteiger partial charge in [-0.1, -0.05) is 121 Å². The van der Waals surface area contributed by atoms with E-state index in [4.69, 9.17) is 15.2 Å². The second-order valence-corrected chi connectivity index (χ2v) is 15.4. The number of hydrogen-bond acceptors (Lipinski definition) is 7.